The number of hydrogen-bond donors (Lipinski definition) is 0. The standard InChI is InChI=1S/C20H28N4O/c1-22-12-18-2-5-19(15-22)24(14-18)13-17-3-6-20(7-4-17)25-11-10-23-9-8-21-16-23/h3-4,6-9,16,18-19H,2,5,10-15H2,1H3/t18-,19+/m1/s1. The molecular weight excluding hydrogens is 312 g/mol. The molecule has 5 nitrogen and oxygen atoms in total. The molecule has 0 aliphatic carbocycles. The van der Waals surface area contributed by atoms with Gasteiger partial charge in [-0.1, -0.05) is 12.1 Å². The van der Waals surface area contributed by atoms with Crippen LogP contribution in [0.5, 0.6) is 5.75 Å². The van der Waals surface area contributed by atoms with E-state index in [1.807, 2.05) is 17.1 Å². The summed E-state index contributed by atoms with van der Waals surface area (Å²) in [6.45, 7) is 6.27. The molecule has 0 radical (unpaired) electrons. The number of piperidine rings is 1. The van der Waals surface area contributed by atoms with E-state index in [0.717, 1.165) is 30.8 Å². The van der Waals surface area contributed by atoms with Crippen molar-refractivity contribution in [2.45, 2.75) is 32.0 Å². The van der Waals surface area contributed by atoms with Gasteiger partial charge in [-0.15, -0.1) is 0 Å². The second-order valence-corrected chi connectivity index (χ2v) is 7.54. The van der Waals surface area contributed by atoms with Crippen LogP contribution in [0, 0.1) is 5.92 Å². The van der Waals surface area contributed by atoms with E-state index in [-0.39, 0.29) is 0 Å². The number of nitrogens with zero attached hydrogens (tertiary/aromatic N) is 4. The third-order valence-corrected chi connectivity index (χ3v) is 5.50. The number of imidazole rings is 1. The number of ether oxygens (including phenoxy) is 1. The summed E-state index contributed by atoms with van der Waals surface area (Å²) in [4.78, 5) is 9.24. The van der Waals surface area contributed by atoms with Crippen molar-refractivity contribution in [1.29, 1.82) is 0 Å². The van der Waals surface area contributed by atoms with Crippen LogP contribution < -0.4 is 4.74 Å². The zero-order chi connectivity index (χ0) is 17.1. The fourth-order valence-electron chi connectivity index (χ4n) is 4.22. The van der Waals surface area contributed by atoms with Crippen LogP contribution in [0.4, 0.5) is 0 Å². The van der Waals surface area contributed by atoms with Crippen molar-refractivity contribution in [3.05, 3.63) is 48.5 Å². The molecule has 0 unspecified atom stereocenters. The van der Waals surface area contributed by atoms with Crippen molar-refractivity contribution in [3.8, 4) is 5.75 Å². The van der Waals surface area contributed by atoms with Gasteiger partial charge in [0, 0.05) is 44.6 Å². The number of likely N-dealkylation sites (N-methyl/N-ethyl adjacent to an activating group) is 1. The molecule has 3 saturated heterocycles. The van der Waals surface area contributed by atoms with Gasteiger partial charge in [0.1, 0.15) is 12.4 Å². The molecule has 5 heteroatoms. The highest BCUT2D eigenvalue weighted by atomic mass is 16.5. The molecule has 3 aliphatic heterocycles. The lowest BCUT2D eigenvalue weighted by Crippen LogP contribution is -2.43. The zero-order valence-corrected chi connectivity index (χ0v) is 15.1. The highest BCUT2D eigenvalue weighted by Gasteiger charge is 2.33. The van der Waals surface area contributed by atoms with Gasteiger partial charge >= 0.3 is 0 Å². The molecule has 134 valence electrons. The minimum Gasteiger partial charge on any atom is -0.492 e. The van der Waals surface area contributed by atoms with Crippen LogP contribution in [-0.2, 0) is 13.1 Å². The van der Waals surface area contributed by atoms with Gasteiger partial charge in [-0.2, -0.15) is 0 Å². The molecule has 0 amide bonds. The third-order valence-electron chi connectivity index (χ3n) is 5.50. The van der Waals surface area contributed by atoms with Gasteiger partial charge in [-0.3, -0.25) is 4.90 Å². The van der Waals surface area contributed by atoms with E-state index in [9.17, 15) is 0 Å². The second-order valence-electron chi connectivity index (χ2n) is 7.54. The summed E-state index contributed by atoms with van der Waals surface area (Å²) in [5.74, 6) is 1.79. The fraction of sp³-hybridized carbons (Fsp3) is 0.550. The Morgan fingerprint density at radius 2 is 2.00 bits per heavy atom. The van der Waals surface area contributed by atoms with Crippen molar-refractivity contribution in [2.75, 3.05) is 33.3 Å². The largest absolute Gasteiger partial charge is 0.492 e. The molecule has 25 heavy (non-hydrogen) atoms. The normalized spacial score (nSPS) is 24.4. The number of aromatic nitrogens is 2. The van der Waals surface area contributed by atoms with Gasteiger partial charge in [0.2, 0.25) is 0 Å². The van der Waals surface area contributed by atoms with Gasteiger partial charge in [-0.25, -0.2) is 4.98 Å². The van der Waals surface area contributed by atoms with Crippen LogP contribution in [0.1, 0.15) is 18.4 Å². The molecule has 4 heterocycles. The van der Waals surface area contributed by atoms with Crippen LogP contribution >= 0.6 is 0 Å². The first-order valence-electron chi connectivity index (χ1n) is 9.36. The highest BCUT2D eigenvalue weighted by molar-refractivity contribution is 5.27. The number of rotatable bonds is 6. The number of fused-ring (bicyclic) bond motifs is 4. The summed E-state index contributed by atoms with van der Waals surface area (Å²) >= 11 is 0. The maximum Gasteiger partial charge on any atom is 0.119 e. The van der Waals surface area contributed by atoms with E-state index >= 15 is 0 Å². The first kappa shape index (κ1) is 16.6. The van der Waals surface area contributed by atoms with Crippen molar-refractivity contribution < 1.29 is 4.74 Å². The van der Waals surface area contributed by atoms with E-state index in [4.69, 9.17) is 4.74 Å². The number of benzene rings is 1. The van der Waals surface area contributed by atoms with E-state index in [2.05, 4.69) is 46.1 Å². The quantitative estimate of drug-likeness (QED) is 0.809. The Morgan fingerprint density at radius 1 is 1.12 bits per heavy atom. The lowest BCUT2D eigenvalue weighted by atomic mass is 9.94. The topological polar surface area (TPSA) is 33.5 Å². The minimum absolute atomic E-state index is 0.665. The van der Waals surface area contributed by atoms with Crippen molar-refractivity contribution >= 4 is 0 Å². The Balaban J connectivity index is 1.30. The first-order valence-corrected chi connectivity index (χ1v) is 9.36. The van der Waals surface area contributed by atoms with Crippen LogP contribution in [0.2, 0.25) is 0 Å². The van der Waals surface area contributed by atoms with Crippen LogP contribution in [0.3, 0.4) is 0 Å². The zero-order valence-electron chi connectivity index (χ0n) is 15.1. The van der Waals surface area contributed by atoms with Gasteiger partial charge in [0.25, 0.3) is 0 Å². The van der Waals surface area contributed by atoms with Crippen molar-refractivity contribution in [2.24, 2.45) is 5.92 Å². The summed E-state index contributed by atoms with van der Waals surface area (Å²) in [7, 11) is 2.27. The van der Waals surface area contributed by atoms with Crippen LogP contribution in [0.25, 0.3) is 0 Å². The lowest BCUT2D eigenvalue weighted by molar-refractivity contribution is 0.124. The summed E-state index contributed by atoms with van der Waals surface area (Å²) in [6.07, 6.45) is 8.32. The minimum atomic E-state index is 0.665. The lowest BCUT2D eigenvalue weighted by Gasteiger charge is -2.36. The summed E-state index contributed by atoms with van der Waals surface area (Å²) in [5, 5.41) is 0. The molecular formula is C20H28N4O. The molecule has 0 spiro atoms. The molecule has 5 rings (SSSR count). The molecule has 2 aromatic rings. The van der Waals surface area contributed by atoms with Crippen molar-refractivity contribution in [3.63, 3.8) is 0 Å². The highest BCUT2D eigenvalue weighted by Crippen LogP contribution is 2.28. The van der Waals surface area contributed by atoms with Crippen LogP contribution in [0.15, 0.2) is 43.0 Å². The Labute approximate surface area is 150 Å². The Kier molecular flexibility index (Phi) is 5.04. The summed E-state index contributed by atoms with van der Waals surface area (Å²) in [6, 6.07) is 9.36. The van der Waals surface area contributed by atoms with E-state index in [1.54, 1.807) is 6.20 Å². The Hall–Kier alpha value is -1.85. The predicted octanol–water partition coefficient (Wildman–Crippen LogP) is 2.49. The van der Waals surface area contributed by atoms with E-state index in [0.29, 0.717) is 6.61 Å². The maximum atomic E-state index is 5.84. The SMILES string of the molecule is CN1C[C@H]2CC[C@@H](C1)N(Cc1ccc(OCCn3ccnc3)cc1)C2. The van der Waals surface area contributed by atoms with Gasteiger partial charge < -0.3 is 14.2 Å². The molecule has 1 aromatic heterocycles. The average Bonchev–Trinajstić information content (AvgIpc) is 3.00. The molecule has 3 aliphatic rings. The number of hydrogen-bond acceptors (Lipinski definition) is 4. The molecule has 0 N–H and O–H groups in total. The van der Waals surface area contributed by atoms with E-state index in [1.165, 1.54) is 38.0 Å². The monoisotopic (exact) mass is 340 g/mol. The Morgan fingerprint density at radius 3 is 2.80 bits per heavy atom. The van der Waals surface area contributed by atoms with Gasteiger partial charge in [0.15, 0.2) is 0 Å². The summed E-state index contributed by atoms with van der Waals surface area (Å²) in [5.41, 5.74) is 1.39. The van der Waals surface area contributed by atoms with Gasteiger partial charge in [-0.05, 0) is 43.5 Å². The molecule has 2 atom stereocenters. The fourth-order valence-corrected chi connectivity index (χ4v) is 4.22. The molecule has 2 bridgehead atoms. The molecule has 1 aromatic carbocycles. The second kappa shape index (κ2) is 7.58. The van der Waals surface area contributed by atoms with Crippen molar-refractivity contribution in [1.82, 2.24) is 19.4 Å². The summed E-state index contributed by atoms with van der Waals surface area (Å²) < 4.78 is 7.87. The average molecular weight is 340 g/mol. The smallest absolute Gasteiger partial charge is 0.119 e. The maximum absolute atomic E-state index is 5.84. The predicted molar refractivity (Wildman–Crippen MR) is 98.6 cm³/mol. The third kappa shape index (κ3) is 4.22. The Bertz CT molecular complexity index is 655. The van der Waals surface area contributed by atoms with Gasteiger partial charge in [0.05, 0.1) is 12.9 Å². The molecule has 0 saturated carbocycles. The first-order chi connectivity index (χ1) is 12.3. The van der Waals surface area contributed by atoms with E-state index < -0.39 is 0 Å². The van der Waals surface area contributed by atoms with Crippen LogP contribution in [-0.4, -0.2) is 58.7 Å². The molecule has 3 fully saturated rings.